The van der Waals surface area contributed by atoms with Gasteiger partial charge in [-0.05, 0) is 44.4 Å². The fourth-order valence-electron chi connectivity index (χ4n) is 2.97. The smallest absolute Gasteiger partial charge is 0.317 e. The first-order valence-electron chi connectivity index (χ1n) is 6.81. The minimum absolute atomic E-state index is 0.0826. The van der Waals surface area contributed by atoms with Crippen LogP contribution < -0.4 is 5.32 Å². The first-order chi connectivity index (χ1) is 8.15. The van der Waals surface area contributed by atoms with Crippen LogP contribution in [0.4, 0.5) is 4.79 Å². The van der Waals surface area contributed by atoms with E-state index in [1.807, 2.05) is 11.8 Å². The highest BCUT2D eigenvalue weighted by Gasteiger charge is 2.44. The SMILES string of the molecule is CC(CCCO)NC(=O)N1CCC2(CCC2)C1. The van der Waals surface area contributed by atoms with Gasteiger partial charge in [-0.15, -0.1) is 0 Å². The van der Waals surface area contributed by atoms with Crippen molar-refractivity contribution in [2.45, 2.75) is 51.5 Å². The van der Waals surface area contributed by atoms with Crippen molar-refractivity contribution in [3.8, 4) is 0 Å². The minimum atomic E-state index is 0.0826. The Bertz CT molecular complexity index is 277. The van der Waals surface area contributed by atoms with Gasteiger partial charge in [0.2, 0.25) is 0 Å². The van der Waals surface area contributed by atoms with E-state index in [-0.39, 0.29) is 18.7 Å². The molecule has 1 aliphatic carbocycles. The lowest BCUT2D eigenvalue weighted by molar-refractivity contribution is 0.140. The number of nitrogens with one attached hydrogen (secondary N) is 1. The summed E-state index contributed by atoms with van der Waals surface area (Å²) in [5, 5.41) is 11.8. The van der Waals surface area contributed by atoms with E-state index in [2.05, 4.69) is 5.32 Å². The number of rotatable bonds is 4. The van der Waals surface area contributed by atoms with Crippen LogP contribution in [0.5, 0.6) is 0 Å². The molecule has 1 saturated heterocycles. The average molecular weight is 240 g/mol. The van der Waals surface area contributed by atoms with Gasteiger partial charge < -0.3 is 15.3 Å². The van der Waals surface area contributed by atoms with Crippen molar-refractivity contribution in [3.63, 3.8) is 0 Å². The highest BCUT2D eigenvalue weighted by Crippen LogP contribution is 2.47. The van der Waals surface area contributed by atoms with Crippen LogP contribution in [0, 0.1) is 5.41 Å². The Labute approximate surface area is 103 Å². The molecule has 1 atom stereocenters. The maximum Gasteiger partial charge on any atom is 0.317 e. The van der Waals surface area contributed by atoms with Crippen LogP contribution in [0.15, 0.2) is 0 Å². The van der Waals surface area contributed by atoms with Gasteiger partial charge in [-0.3, -0.25) is 0 Å². The second kappa shape index (κ2) is 5.25. The Kier molecular flexibility index (Phi) is 3.92. The molecule has 0 bridgehead atoms. The van der Waals surface area contributed by atoms with Gasteiger partial charge in [0.25, 0.3) is 0 Å². The van der Waals surface area contributed by atoms with Crippen molar-refractivity contribution in [3.05, 3.63) is 0 Å². The maximum atomic E-state index is 12.0. The normalized spacial score (nSPS) is 23.5. The molecule has 2 rings (SSSR count). The van der Waals surface area contributed by atoms with E-state index >= 15 is 0 Å². The number of urea groups is 1. The molecule has 2 amide bonds. The number of amides is 2. The molecule has 1 aliphatic heterocycles. The molecule has 4 nitrogen and oxygen atoms in total. The fourth-order valence-corrected chi connectivity index (χ4v) is 2.97. The largest absolute Gasteiger partial charge is 0.396 e. The highest BCUT2D eigenvalue weighted by molar-refractivity contribution is 5.74. The summed E-state index contributed by atoms with van der Waals surface area (Å²) in [6.07, 6.45) is 6.73. The van der Waals surface area contributed by atoms with Crippen LogP contribution in [0.2, 0.25) is 0 Å². The van der Waals surface area contributed by atoms with Crippen LogP contribution in [-0.4, -0.2) is 41.8 Å². The zero-order valence-corrected chi connectivity index (χ0v) is 10.7. The summed E-state index contributed by atoms with van der Waals surface area (Å²) in [5.74, 6) is 0. The van der Waals surface area contributed by atoms with Gasteiger partial charge in [-0.25, -0.2) is 4.79 Å². The Morgan fingerprint density at radius 2 is 2.24 bits per heavy atom. The predicted molar refractivity (Wildman–Crippen MR) is 66.8 cm³/mol. The lowest BCUT2D eigenvalue weighted by Crippen LogP contribution is -2.44. The van der Waals surface area contributed by atoms with Crippen molar-refractivity contribution in [2.75, 3.05) is 19.7 Å². The topological polar surface area (TPSA) is 52.6 Å². The van der Waals surface area contributed by atoms with Gasteiger partial charge in [0.1, 0.15) is 0 Å². The number of carbonyl (C=O) groups is 1. The van der Waals surface area contributed by atoms with Gasteiger partial charge in [0.15, 0.2) is 0 Å². The summed E-state index contributed by atoms with van der Waals surface area (Å²) in [6, 6.07) is 0.242. The summed E-state index contributed by atoms with van der Waals surface area (Å²) >= 11 is 0. The van der Waals surface area contributed by atoms with Gasteiger partial charge >= 0.3 is 6.03 Å². The summed E-state index contributed by atoms with van der Waals surface area (Å²) in [6.45, 7) is 4.07. The van der Waals surface area contributed by atoms with E-state index in [1.54, 1.807) is 0 Å². The third kappa shape index (κ3) is 2.92. The van der Waals surface area contributed by atoms with E-state index in [0.717, 1.165) is 25.9 Å². The molecule has 1 saturated carbocycles. The lowest BCUT2D eigenvalue weighted by atomic mass is 9.68. The van der Waals surface area contributed by atoms with E-state index < -0.39 is 0 Å². The Hall–Kier alpha value is -0.770. The molecule has 0 aromatic heterocycles. The fraction of sp³-hybridized carbons (Fsp3) is 0.923. The van der Waals surface area contributed by atoms with E-state index in [4.69, 9.17) is 5.11 Å². The predicted octanol–water partition coefficient (Wildman–Crippen LogP) is 1.73. The molecule has 0 aromatic carbocycles. The molecule has 0 radical (unpaired) electrons. The lowest BCUT2D eigenvalue weighted by Gasteiger charge is -2.38. The monoisotopic (exact) mass is 240 g/mol. The highest BCUT2D eigenvalue weighted by atomic mass is 16.3. The van der Waals surface area contributed by atoms with E-state index in [9.17, 15) is 4.79 Å². The number of hydrogen-bond donors (Lipinski definition) is 2. The molecular formula is C13H24N2O2. The van der Waals surface area contributed by atoms with Crippen LogP contribution in [0.1, 0.15) is 45.4 Å². The molecule has 2 fully saturated rings. The summed E-state index contributed by atoms with van der Waals surface area (Å²) in [7, 11) is 0. The second-order valence-corrected chi connectivity index (χ2v) is 5.74. The Morgan fingerprint density at radius 3 is 2.76 bits per heavy atom. The second-order valence-electron chi connectivity index (χ2n) is 5.74. The third-order valence-corrected chi connectivity index (χ3v) is 4.30. The molecule has 17 heavy (non-hydrogen) atoms. The van der Waals surface area contributed by atoms with E-state index in [1.165, 1.54) is 25.7 Å². The molecule has 1 unspecified atom stereocenters. The number of aliphatic hydroxyl groups is 1. The summed E-state index contributed by atoms with van der Waals surface area (Å²) < 4.78 is 0. The van der Waals surface area contributed by atoms with Gasteiger partial charge in [-0.1, -0.05) is 6.42 Å². The summed E-state index contributed by atoms with van der Waals surface area (Å²) in [4.78, 5) is 14.0. The molecular weight excluding hydrogens is 216 g/mol. The maximum absolute atomic E-state index is 12.0. The van der Waals surface area contributed by atoms with Crippen molar-refractivity contribution in [1.29, 1.82) is 0 Å². The third-order valence-electron chi connectivity index (χ3n) is 4.30. The molecule has 1 heterocycles. The number of aliphatic hydroxyl groups excluding tert-OH is 1. The van der Waals surface area contributed by atoms with Gasteiger partial charge in [0.05, 0.1) is 0 Å². The van der Waals surface area contributed by atoms with Crippen LogP contribution in [0.3, 0.4) is 0 Å². The van der Waals surface area contributed by atoms with Gasteiger partial charge in [0, 0.05) is 25.7 Å². The van der Waals surface area contributed by atoms with Crippen LogP contribution >= 0.6 is 0 Å². The molecule has 2 N–H and O–H groups in total. The standard InChI is InChI=1S/C13H24N2O2/c1-11(4-2-9-16)14-12(17)15-8-7-13(10-15)5-3-6-13/h11,16H,2-10H2,1H3,(H,14,17). The molecule has 1 spiro atoms. The number of likely N-dealkylation sites (tertiary alicyclic amines) is 1. The quantitative estimate of drug-likeness (QED) is 0.786. The number of carbonyl (C=O) groups excluding carboxylic acids is 1. The van der Waals surface area contributed by atoms with Crippen molar-refractivity contribution in [1.82, 2.24) is 10.2 Å². The van der Waals surface area contributed by atoms with E-state index in [0.29, 0.717) is 5.41 Å². The number of hydrogen-bond acceptors (Lipinski definition) is 2. The molecule has 4 heteroatoms. The first-order valence-corrected chi connectivity index (χ1v) is 6.81. The molecule has 98 valence electrons. The average Bonchev–Trinajstić information content (AvgIpc) is 2.71. The van der Waals surface area contributed by atoms with Crippen LogP contribution in [0.25, 0.3) is 0 Å². The van der Waals surface area contributed by atoms with Crippen molar-refractivity contribution in [2.24, 2.45) is 5.41 Å². The molecule has 0 aromatic rings. The van der Waals surface area contributed by atoms with Crippen molar-refractivity contribution >= 4 is 6.03 Å². The zero-order chi connectivity index (χ0) is 12.3. The number of nitrogens with zero attached hydrogens (tertiary/aromatic N) is 1. The Morgan fingerprint density at radius 1 is 1.47 bits per heavy atom. The first kappa shape index (κ1) is 12.7. The van der Waals surface area contributed by atoms with Crippen LogP contribution in [-0.2, 0) is 0 Å². The molecule has 2 aliphatic rings. The Balaban J connectivity index is 1.73. The minimum Gasteiger partial charge on any atom is -0.396 e. The van der Waals surface area contributed by atoms with Crippen molar-refractivity contribution < 1.29 is 9.90 Å². The zero-order valence-electron chi connectivity index (χ0n) is 10.7. The van der Waals surface area contributed by atoms with Gasteiger partial charge in [-0.2, -0.15) is 0 Å². The summed E-state index contributed by atoms with van der Waals surface area (Å²) in [5.41, 5.74) is 0.478.